The third kappa shape index (κ3) is 2.55. The van der Waals surface area contributed by atoms with E-state index in [1.807, 2.05) is 14.0 Å². The molecule has 3 atom stereocenters. The van der Waals surface area contributed by atoms with E-state index in [9.17, 15) is 0 Å². The molecule has 3 rings (SSSR count). The maximum atomic E-state index is 6.31. The number of halogens is 1. The average molecular weight is 282 g/mol. The van der Waals surface area contributed by atoms with Crippen LogP contribution in [0.1, 0.15) is 36.9 Å². The lowest BCUT2D eigenvalue weighted by Gasteiger charge is -2.27. The zero-order valence-corrected chi connectivity index (χ0v) is 13.0. The lowest BCUT2D eigenvalue weighted by molar-refractivity contribution is 0.214. The third-order valence-corrected chi connectivity index (χ3v) is 5.60. The Morgan fingerprint density at radius 3 is 2.68 bits per heavy atom. The summed E-state index contributed by atoms with van der Waals surface area (Å²) < 4.78 is 1.78. The van der Waals surface area contributed by atoms with E-state index in [-0.39, 0.29) is 0 Å². The van der Waals surface area contributed by atoms with E-state index in [0.717, 1.165) is 35.1 Å². The lowest BCUT2D eigenvalue weighted by atomic mass is 9.88. The predicted octanol–water partition coefficient (Wildman–Crippen LogP) is 3.25. The van der Waals surface area contributed by atoms with Gasteiger partial charge >= 0.3 is 0 Å². The summed E-state index contributed by atoms with van der Waals surface area (Å²) in [4.78, 5) is 2.43. The molecule has 3 nitrogen and oxygen atoms in total. The molecule has 2 saturated carbocycles. The summed E-state index contributed by atoms with van der Waals surface area (Å²) in [5.41, 5.74) is 2.25. The first-order chi connectivity index (χ1) is 9.04. The second kappa shape index (κ2) is 5.10. The van der Waals surface area contributed by atoms with Gasteiger partial charge in [0.1, 0.15) is 5.15 Å². The normalized spacial score (nSPS) is 29.6. The average Bonchev–Trinajstić information content (AvgIpc) is 3.01. The molecule has 0 saturated heterocycles. The monoisotopic (exact) mass is 281 g/mol. The van der Waals surface area contributed by atoms with Crippen molar-refractivity contribution >= 4 is 11.6 Å². The fraction of sp³-hybridized carbons (Fsp3) is 0.800. The SMILES string of the molecule is Cc1nn(C)c(Cl)c1CN(C)CC1CC2CCC1C2. The fourth-order valence-corrected chi connectivity index (χ4v) is 4.42. The largest absolute Gasteiger partial charge is 0.302 e. The standard InChI is InChI=1S/C15H24ClN3/c1-10-14(15(16)19(3)17-10)9-18(2)8-13-7-11-4-5-12(13)6-11/h11-13H,4-9H2,1-3H3. The van der Waals surface area contributed by atoms with Crippen LogP contribution in [-0.4, -0.2) is 28.3 Å². The van der Waals surface area contributed by atoms with Crippen LogP contribution in [-0.2, 0) is 13.6 Å². The molecule has 4 heteroatoms. The summed E-state index contributed by atoms with van der Waals surface area (Å²) in [6.07, 6.45) is 5.90. The Kier molecular flexibility index (Phi) is 3.61. The Balaban J connectivity index is 1.60. The second-order valence-electron chi connectivity index (χ2n) is 6.61. The molecule has 2 aliphatic rings. The summed E-state index contributed by atoms with van der Waals surface area (Å²) >= 11 is 6.31. The molecule has 1 aromatic heterocycles. The van der Waals surface area contributed by atoms with Gasteiger partial charge in [-0.1, -0.05) is 18.0 Å². The molecule has 106 valence electrons. The maximum absolute atomic E-state index is 6.31. The van der Waals surface area contributed by atoms with E-state index < -0.39 is 0 Å². The van der Waals surface area contributed by atoms with Crippen molar-refractivity contribution in [2.75, 3.05) is 13.6 Å². The number of aromatic nitrogens is 2. The minimum Gasteiger partial charge on any atom is -0.302 e. The second-order valence-corrected chi connectivity index (χ2v) is 6.97. The van der Waals surface area contributed by atoms with Gasteiger partial charge in [0.15, 0.2) is 0 Å². The van der Waals surface area contributed by atoms with Crippen LogP contribution in [0.5, 0.6) is 0 Å². The first-order valence-corrected chi connectivity index (χ1v) is 7.79. The van der Waals surface area contributed by atoms with E-state index in [1.165, 1.54) is 37.8 Å². The number of hydrogen-bond donors (Lipinski definition) is 0. The Hall–Kier alpha value is -0.540. The zero-order valence-electron chi connectivity index (χ0n) is 12.2. The Morgan fingerprint density at radius 1 is 1.37 bits per heavy atom. The molecule has 2 bridgehead atoms. The Labute approximate surface area is 120 Å². The summed E-state index contributed by atoms with van der Waals surface area (Å²) in [6, 6.07) is 0. The van der Waals surface area contributed by atoms with Crippen LogP contribution < -0.4 is 0 Å². The molecular formula is C15H24ClN3. The van der Waals surface area contributed by atoms with Crippen LogP contribution in [0.2, 0.25) is 5.15 Å². The van der Waals surface area contributed by atoms with E-state index in [2.05, 4.69) is 17.0 Å². The van der Waals surface area contributed by atoms with Crippen molar-refractivity contribution in [2.45, 2.75) is 39.2 Å². The highest BCUT2D eigenvalue weighted by Gasteiger charge is 2.39. The van der Waals surface area contributed by atoms with E-state index in [1.54, 1.807) is 4.68 Å². The molecule has 0 N–H and O–H groups in total. The van der Waals surface area contributed by atoms with Crippen LogP contribution in [0, 0.1) is 24.7 Å². The molecule has 2 aliphatic carbocycles. The summed E-state index contributed by atoms with van der Waals surface area (Å²) in [7, 11) is 4.13. The molecule has 0 radical (unpaired) electrons. The Bertz CT molecular complexity index is 468. The number of fused-ring (bicyclic) bond motifs is 2. The quantitative estimate of drug-likeness (QED) is 0.845. The predicted molar refractivity (Wildman–Crippen MR) is 78.2 cm³/mol. The molecule has 2 fully saturated rings. The first kappa shape index (κ1) is 13.4. The van der Waals surface area contributed by atoms with Gasteiger partial charge in [0.25, 0.3) is 0 Å². The maximum Gasteiger partial charge on any atom is 0.131 e. The van der Waals surface area contributed by atoms with Crippen molar-refractivity contribution in [3.8, 4) is 0 Å². The summed E-state index contributed by atoms with van der Waals surface area (Å²) in [5.74, 6) is 2.95. The molecule has 0 spiro atoms. The van der Waals surface area contributed by atoms with E-state index >= 15 is 0 Å². The molecule has 19 heavy (non-hydrogen) atoms. The van der Waals surface area contributed by atoms with Crippen LogP contribution in [0.4, 0.5) is 0 Å². The van der Waals surface area contributed by atoms with Crippen molar-refractivity contribution in [1.82, 2.24) is 14.7 Å². The van der Waals surface area contributed by atoms with Gasteiger partial charge in [0.2, 0.25) is 0 Å². The highest BCUT2D eigenvalue weighted by molar-refractivity contribution is 6.30. The topological polar surface area (TPSA) is 21.1 Å². The van der Waals surface area contributed by atoms with Gasteiger partial charge in [-0.05, 0) is 51.0 Å². The number of rotatable bonds is 4. The highest BCUT2D eigenvalue weighted by atomic mass is 35.5. The summed E-state index contributed by atoms with van der Waals surface area (Å²) in [6.45, 7) is 4.19. The van der Waals surface area contributed by atoms with Crippen molar-refractivity contribution in [3.63, 3.8) is 0 Å². The van der Waals surface area contributed by atoms with Crippen LogP contribution >= 0.6 is 11.6 Å². The van der Waals surface area contributed by atoms with Crippen molar-refractivity contribution in [1.29, 1.82) is 0 Å². The molecule has 0 aromatic carbocycles. The van der Waals surface area contributed by atoms with Gasteiger partial charge in [-0.2, -0.15) is 5.10 Å². The minimum atomic E-state index is 0.789. The highest BCUT2D eigenvalue weighted by Crippen LogP contribution is 2.48. The van der Waals surface area contributed by atoms with Crippen molar-refractivity contribution in [3.05, 3.63) is 16.4 Å². The van der Waals surface area contributed by atoms with Crippen LogP contribution in [0.25, 0.3) is 0 Å². The third-order valence-electron chi connectivity index (χ3n) is 5.13. The number of aryl methyl sites for hydroxylation is 2. The number of nitrogens with zero attached hydrogens (tertiary/aromatic N) is 3. The van der Waals surface area contributed by atoms with Gasteiger partial charge in [0, 0.05) is 25.7 Å². The fourth-order valence-electron chi connectivity index (χ4n) is 4.19. The Morgan fingerprint density at radius 2 is 2.16 bits per heavy atom. The van der Waals surface area contributed by atoms with E-state index in [4.69, 9.17) is 11.6 Å². The van der Waals surface area contributed by atoms with Gasteiger partial charge in [-0.15, -0.1) is 0 Å². The molecule has 0 amide bonds. The lowest BCUT2D eigenvalue weighted by Crippen LogP contribution is -2.28. The van der Waals surface area contributed by atoms with E-state index in [0.29, 0.717) is 0 Å². The molecule has 1 heterocycles. The van der Waals surface area contributed by atoms with Gasteiger partial charge in [-0.3, -0.25) is 4.68 Å². The zero-order chi connectivity index (χ0) is 13.6. The molecule has 3 unspecified atom stereocenters. The molecule has 0 aliphatic heterocycles. The van der Waals surface area contributed by atoms with Gasteiger partial charge < -0.3 is 4.90 Å². The summed E-state index contributed by atoms with van der Waals surface area (Å²) in [5, 5.41) is 5.18. The molecule has 1 aromatic rings. The smallest absolute Gasteiger partial charge is 0.131 e. The van der Waals surface area contributed by atoms with Gasteiger partial charge in [-0.25, -0.2) is 0 Å². The molecular weight excluding hydrogens is 258 g/mol. The van der Waals surface area contributed by atoms with Crippen LogP contribution in [0.3, 0.4) is 0 Å². The number of hydrogen-bond acceptors (Lipinski definition) is 2. The van der Waals surface area contributed by atoms with Crippen molar-refractivity contribution in [2.24, 2.45) is 24.8 Å². The van der Waals surface area contributed by atoms with Gasteiger partial charge in [0.05, 0.1) is 5.69 Å². The van der Waals surface area contributed by atoms with Crippen molar-refractivity contribution < 1.29 is 0 Å². The first-order valence-electron chi connectivity index (χ1n) is 7.41. The minimum absolute atomic E-state index is 0.789. The van der Waals surface area contributed by atoms with Crippen LogP contribution in [0.15, 0.2) is 0 Å².